The number of aryl methyl sites for hydroxylation is 1. The molecule has 0 radical (unpaired) electrons. The number of carbonyl (C=O) groups is 8. The van der Waals surface area contributed by atoms with E-state index in [1.165, 1.54) is 39.2 Å². The van der Waals surface area contributed by atoms with Crippen molar-refractivity contribution in [1.82, 2.24) is 9.55 Å². The molecule has 13 atom stereocenters. The summed E-state index contributed by atoms with van der Waals surface area (Å²) in [6.45, 7) is 8.38. The van der Waals surface area contributed by atoms with E-state index in [0.29, 0.717) is 0 Å². The smallest absolute Gasteiger partial charge is 0.340 e. The van der Waals surface area contributed by atoms with Gasteiger partial charge in [0.15, 0.2) is 30.0 Å². The van der Waals surface area contributed by atoms with Gasteiger partial charge >= 0.3 is 47.8 Å². The SMILES string of the molecule is CC(=O)OC[C@]12[C@@H](OC(C)=O)[C@H](OC(C)=O)[C@@H]3[C@@H](OC(C)=O)[C@@]14O[C@@]3(C)COC(=O)c1cccnc1[C@@H](C)[C@@H](C)C(=O)O[C@@H]([C@H](OC(=O)c1ccc(=O)n(C)c1)[C@@H]2OC(C)=O)[C@]4(C)O. The number of rotatable bonds is 8. The minimum absolute atomic E-state index is 0.0734. The lowest BCUT2D eigenvalue weighted by Gasteiger charge is -2.67. The third kappa shape index (κ3) is 7.66. The lowest BCUT2D eigenvalue weighted by atomic mass is 9.45. The zero-order valence-corrected chi connectivity index (χ0v) is 36.8. The fraction of sp³-hybridized carbons (Fsp3) is 0.581. The van der Waals surface area contributed by atoms with E-state index >= 15 is 0 Å². The molecule has 2 saturated carbocycles. The van der Waals surface area contributed by atoms with Crippen LogP contribution in [0.4, 0.5) is 0 Å². The van der Waals surface area contributed by atoms with Crippen molar-refractivity contribution in [3.05, 3.63) is 63.8 Å². The highest BCUT2D eigenvalue weighted by molar-refractivity contribution is 5.91. The van der Waals surface area contributed by atoms with Gasteiger partial charge in [-0.2, -0.15) is 0 Å². The molecule has 21 heteroatoms. The summed E-state index contributed by atoms with van der Waals surface area (Å²) >= 11 is 0. The summed E-state index contributed by atoms with van der Waals surface area (Å²) in [5.74, 6) is -12.3. The van der Waals surface area contributed by atoms with Gasteiger partial charge < -0.3 is 52.3 Å². The molecular formula is C43H50N2O19. The highest BCUT2D eigenvalue weighted by Gasteiger charge is 2.92. The van der Waals surface area contributed by atoms with Gasteiger partial charge in [0, 0.05) is 66.0 Å². The van der Waals surface area contributed by atoms with Gasteiger partial charge in [-0.1, -0.05) is 13.8 Å². The normalized spacial score (nSPS) is 35.3. The van der Waals surface area contributed by atoms with Crippen LogP contribution in [0, 0.1) is 17.3 Å². The van der Waals surface area contributed by atoms with Gasteiger partial charge in [-0.05, 0) is 32.0 Å². The monoisotopic (exact) mass is 898 g/mol. The molecule has 0 unspecified atom stereocenters. The van der Waals surface area contributed by atoms with Crippen LogP contribution in [0.25, 0.3) is 0 Å². The van der Waals surface area contributed by atoms with Crippen LogP contribution in [0.5, 0.6) is 0 Å². The Kier molecular flexibility index (Phi) is 12.6. The maximum Gasteiger partial charge on any atom is 0.340 e. The molecule has 2 aliphatic carbocycles. The van der Waals surface area contributed by atoms with Crippen molar-refractivity contribution < 1.29 is 86.1 Å². The number of cyclic esters (lactones) is 1. The number of aliphatic hydroxyl groups is 1. The van der Waals surface area contributed by atoms with E-state index in [1.807, 2.05) is 0 Å². The Balaban J connectivity index is 1.80. The van der Waals surface area contributed by atoms with Crippen LogP contribution >= 0.6 is 0 Å². The minimum atomic E-state index is -2.93. The topological polar surface area (TPSA) is 275 Å². The number of nitrogens with zero attached hydrogens (tertiary/aromatic N) is 2. The second kappa shape index (κ2) is 17.1. The zero-order chi connectivity index (χ0) is 47.4. The van der Waals surface area contributed by atoms with E-state index < -0.39 is 143 Å². The predicted molar refractivity (Wildman–Crippen MR) is 210 cm³/mol. The summed E-state index contributed by atoms with van der Waals surface area (Å²) in [5.41, 5.74) is -11.3. The van der Waals surface area contributed by atoms with Crippen LogP contribution in [0.2, 0.25) is 0 Å². The molecule has 4 bridgehead atoms. The van der Waals surface area contributed by atoms with Crippen molar-refractivity contribution in [3.63, 3.8) is 0 Å². The van der Waals surface area contributed by atoms with Crippen LogP contribution in [-0.4, -0.2) is 129 Å². The van der Waals surface area contributed by atoms with Crippen LogP contribution < -0.4 is 5.56 Å². The highest BCUT2D eigenvalue weighted by atomic mass is 16.7. The van der Waals surface area contributed by atoms with Gasteiger partial charge in [-0.3, -0.25) is 38.5 Å². The van der Waals surface area contributed by atoms with Crippen LogP contribution in [0.1, 0.15) is 94.6 Å². The van der Waals surface area contributed by atoms with E-state index in [1.54, 1.807) is 6.92 Å². The largest absolute Gasteiger partial charge is 0.465 e. The molecule has 6 rings (SSSR count). The molecule has 2 aromatic heterocycles. The van der Waals surface area contributed by atoms with Gasteiger partial charge in [0.1, 0.15) is 42.0 Å². The van der Waals surface area contributed by atoms with Gasteiger partial charge in [0.25, 0.3) is 0 Å². The Bertz CT molecular complexity index is 2340. The number of ether oxygens (including phenoxy) is 9. The van der Waals surface area contributed by atoms with Crippen molar-refractivity contribution >= 4 is 47.8 Å². The maximum atomic E-state index is 14.7. The van der Waals surface area contributed by atoms with Crippen LogP contribution in [-0.2, 0) is 78.4 Å². The molecule has 1 N–H and O–H groups in total. The van der Waals surface area contributed by atoms with Crippen LogP contribution in [0.3, 0.4) is 0 Å². The Morgan fingerprint density at radius 1 is 0.797 bits per heavy atom. The van der Waals surface area contributed by atoms with Crippen molar-refractivity contribution in [2.75, 3.05) is 13.2 Å². The first-order chi connectivity index (χ1) is 29.8. The minimum Gasteiger partial charge on any atom is -0.465 e. The summed E-state index contributed by atoms with van der Waals surface area (Å²) in [5, 5.41) is 13.7. The Hall–Kier alpha value is -6.22. The number of pyridine rings is 2. The first-order valence-corrected chi connectivity index (χ1v) is 20.3. The number of aromatic nitrogens is 2. The van der Waals surface area contributed by atoms with E-state index in [2.05, 4.69) is 4.98 Å². The number of fused-ring (bicyclic) bond motifs is 5. The number of hydrogen-bond donors (Lipinski definition) is 1. The average Bonchev–Trinajstić information content (AvgIpc) is 3.42. The van der Waals surface area contributed by atoms with E-state index in [9.17, 15) is 48.3 Å². The molecule has 1 spiro atoms. The zero-order valence-electron chi connectivity index (χ0n) is 36.8. The molecular weight excluding hydrogens is 848 g/mol. The second-order valence-electron chi connectivity index (χ2n) is 17.0. The van der Waals surface area contributed by atoms with E-state index in [0.717, 1.165) is 64.4 Å². The van der Waals surface area contributed by atoms with E-state index in [-0.39, 0.29) is 16.8 Å². The average molecular weight is 899 g/mol. The molecule has 4 aliphatic rings. The summed E-state index contributed by atoms with van der Waals surface area (Å²) in [7, 11) is 1.34. The van der Waals surface area contributed by atoms with Gasteiger partial charge in [-0.25, -0.2) is 9.59 Å². The molecule has 4 heterocycles. The fourth-order valence-corrected chi connectivity index (χ4v) is 9.96. The fourth-order valence-electron chi connectivity index (χ4n) is 9.96. The van der Waals surface area contributed by atoms with Crippen molar-refractivity contribution in [2.24, 2.45) is 24.3 Å². The Labute approximate surface area is 365 Å². The van der Waals surface area contributed by atoms with Crippen LogP contribution in [0.15, 0.2) is 41.5 Å². The molecule has 0 aromatic carbocycles. The molecule has 346 valence electrons. The summed E-state index contributed by atoms with van der Waals surface area (Å²) in [6, 6.07) is 5.03. The second-order valence-corrected chi connectivity index (χ2v) is 17.0. The maximum absolute atomic E-state index is 14.7. The molecule has 64 heavy (non-hydrogen) atoms. The number of esters is 8. The van der Waals surface area contributed by atoms with E-state index in [4.69, 9.17) is 42.6 Å². The molecule has 3 fully saturated rings. The van der Waals surface area contributed by atoms with Crippen molar-refractivity contribution in [3.8, 4) is 0 Å². The predicted octanol–water partition coefficient (Wildman–Crippen LogP) is 1.03. The summed E-state index contributed by atoms with van der Waals surface area (Å²) < 4.78 is 56.3. The molecule has 2 aliphatic heterocycles. The summed E-state index contributed by atoms with van der Waals surface area (Å²) in [6.07, 6.45) is -10.1. The van der Waals surface area contributed by atoms with Crippen molar-refractivity contribution in [1.29, 1.82) is 0 Å². The third-order valence-electron chi connectivity index (χ3n) is 12.7. The lowest BCUT2D eigenvalue weighted by molar-refractivity contribution is -0.386. The van der Waals surface area contributed by atoms with Crippen molar-refractivity contribution in [2.45, 2.75) is 122 Å². The summed E-state index contributed by atoms with van der Waals surface area (Å²) in [4.78, 5) is 127. The lowest BCUT2D eigenvalue weighted by Crippen LogP contribution is -2.89. The molecule has 21 nitrogen and oxygen atoms in total. The standard InChI is InChI=1S/C43H50N2O19/c1-19-20(2)37(52)63-34-32(62-38(53)26-13-14-28(51)45(10)16-26)36(61-25(7)50)42(18-56-21(3)46)35(60-24(6)49)31(58-22(4)47)29-33(59-23(5)48)43(42,41(34,9)55)64-40(29,8)17-57-39(54)27-12-11-15-44-30(19)27/h11-16,19-20,29,31-36,55H,17-18H2,1-10H3/t19-,20+,29+,31+,32-,33+,34-,35-,36-,40-,41-,42+,43-/m0/s1. The first-order valence-electron chi connectivity index (χ1n) is 20.3. The highest BCUT2D eigenvalue weighted by Crippen LogP contribution is 2.70. The molecule has 2 aromatic rings. The quantitative estimate of drug-likeness (QED) is 0.286. The first kappa shape index (κ1) is 47.3. The van der Waals surface area contributed by atoms with Gasteiger partial charge in [0.05, 0.1) is 28.7 Å². The number of carbonyl (C=O) groups excluding carboxylic acids is 8. The van der Waals surface area contributed by atoms with Gasteiger partial charge in [-0.15, -0.1) is 0 Å². The molecule has 1 saturated heterocycles. The Morgan fingerprint density at radius 2 is 1.39 bits per heavy atom. The van der Waals surface area contributed by atoms with Gasteiger partial charge in [0.2, 0.25) is 5.56 Å². The molecule has 0 amide bonds. The number of hydrogen-bond acceptors (Lipinski definition) is 20. The third-order valence-corrected chi connectivity index (χ3v) is 12.7. The Morgan fingerprint density at radius 3 is 1.97 bits per heavy atom.